The molecule has 4 unspecified atom stereocenters. The number of amides is 2. The van der Waals surface area contributed by atoms with Gasteiger partial charge >= 0.3 is 0 Å². The zero-order chi connectivity index (χ0) is 15.1. The molecule has 0 N–H and O–H groups in total. The minimum atomic E-state index is -0.0828. The highest BCUT2D eigenvalue weighted by Crippen LogP contribution is 2.51. The van der Waals surface area contributed by atoms with E-state index in [1.54, 1.807) is 6.20 Å². The fourth-order valence-corrected chi connectivity index (χ4v) is 4.79. The van der Waals surface area contributed by atoms with Gasteiger partial charge in [-0.15, -0.1) is 0 Å². The molecule has 0 spiro atoms. The summed E-state index contributed by atoms with van der Waals surface area (Å²) in [4.78, 5) is 30.4. The maximum atomic E-state index is 12.6. The molecule has 22 heavy (non-hydrogen) atoms. The number of rotatable bonds is 4. The Labute approximate surface area is 130 Å². The van der Waals surface area contributed by atoms with Crippen molar-refractivity contribution in [1.29, 1.82) is 0 Å². The Morgan fingerprint density at radius 2 is 2.09 bits per heavy atom. The normalized spacial score (nSPS) is 33.9. The van der Waals surface area contributed by atoms with Gasteiger partial charge in [0.2, 0.25) is 11.8 Å². The highest BCUT2D eigenvalue weighted by atomic mass is 16.2. The van der Waals surface area contributed by atoms with E-state index < -0.39 is 0 Å². The van der Waals surface area contributed by atoms with Crippen LogP contribution in [0.2, 0.25) is 0 Å². The van der Waals surface area contributed by atoms with Crippen molar-refractivity contribution in [1.82, 2.24) is 9.88 Å². The Bertz CT molecular complexity index is 586. The standard InChI is InChI=1S/C18H22N2O2/c21-17-10-15(9-14-8-12-4-5-13(14)7-12)18(22)20(17)11-16-3-1-2-6-19-16/h1-3,6,12-15H,4-5,7-11H2. The van der Waals surface area contributed by atoms with Crippen LogP contribution in [0.1, 0.15) is 44.2 Å². The lowest BCUT2D eigenvalue weighted by molar-refractivity contribution is -0.140. The van der Waals surface area contributed by atoms with E-state index in [4.69, 9.17) is 0 Å². The first-order valence-corrected chi connectivity index (χ1v) is 8.45. The predicted molar refractivity (Wildman–Crippen MR) is 81.5 cm³/mol. The first-order valence-electron chi connectivity index (χ1n) is 8.45. The minimum absolute atomic E-state index is 0.0243. The first-order chi connectivity index (χ1) is 10.7. The molecule has 3 aliphatic rings. The second-order valence-electron chi connectivity index (χ2n) is 7.21. The molecule has 0 radical (unpaired) electrons. The molecule has 1 aromatic heterocycles. The van der Waals surface area contributed by atoms with Gasteiger partial charge in [-0.25, -0.2) is 0 Å². The summed E-state index contributed by atoms with van der Waals surface area (Å²) in [7, 11) is 0. The molecule has 4 atom stereocenters. The van der Waals surface area contributed by atoms with E-state index in [-0.39, 0.29) is 17.7 Å². The van der Waals surface area contributed by atoms with Crippen LogP contribution in [0.25, 0.3) is 0 Å². The van der Waals surface area contributed by atoms with Gasteiger partial charge in [0.15, 0.2) is 0 Å². The van der Waals surface area contributed by atoms with Crippen molar-refractivity contribution in [3.63, 3.8) is 0 Å². The van der Waals surface area contributed by atoms with Gasteiger partial charge in [-0.1, -0.05) is 12.5 Å². The summed E-state index contributed by atoms with van der Waals surface area (Å²) >= 11 is 0. The van der Waals surface area contributed by atoms with E-state index in [1.165, 1.54) is 30.6 Å². The van der Waals surface area contributed by atoms with Crippen molar-refractivity contribution in [2.24, 2.45) is 23.7 Å². The Balaban J connectivity index is 1.41. The van der Waals surface area contributed by atoms with Gasteiger partial charge in [-0.05, 0) is 55.6 Å². The van der Waals surface area contributed by atoms with Crippen molar-refractivity contribution < 1.29 is 9.59 Å². The molecule has 1 aliphatic heterocycles. The third-order valence-corrected chi connectivity index (χ3v) is 5.86. The second kappa shape index (κ2) is 5.49. The third kappa shape index (κ3) is 2.44. The van der Waals surface area contributed by atoms with Crippen LogP contribution in [0.5, 0.6) is 0 Å². The maximum Gasteiger partial charge on any atom is 0.233 e. The van der Waals surface area contributed by atoms with Crippen LogP contribution < -0.4 is 0 Å². The van der Waals surface area contributed by atoms with Crippen molar-refractivity contribution in [3.8, 4) is 0 Å². The SMILES string of the molecule is O=C1CC(CC2CC3CCC2C3)C(=O)N1Cc1ccccn1. The van der Waals surface area contributed by atoms with Crippen molar-refractivity contribution in [3.05, 3.63) is 30.1 Å². The number of nitrogens with zero attached hydrogens (tertiary/aromatic N) is 2. The first kappa shape index (κ1) is 13.9. The number of carbonyl (C=O) groups is 2. The number of fused-ring (bicyclic) bond motifs is 2. The Morgan fingerprint density at radius 1 is 1.18 bits per heavy atom. The molecular formula is C18H22N2O2. The van der Waals surface area contributed by atoms with Crippen LogP contribution in [-0.4, -0.2) is 21.7 Å². The number of aromatic nitrogens is 1. The molecular weight excluding hydrogens is 276 g/mol. The monoisotopic (exact) mass is 298 g/mol. The average molecular weight is 298 g/mol. The molecule has 1 saturated heterocycles. The van der Waals surface area contributed by atoms with Gasteiger partial charge in [-0.2, -0.15) is 0 Å². The van der Waals surface area contributed by atoms with Crippen LogP contribution in [-0.2, 0) is 16.1 Å². The molecule has 116 valence electrons. The summed E-state index contributed by atoms with van der Waals surface area (Å²) < 4.78 is 0. The second-order valence-corrected chi connectivity index (χ2v) is 7.21. The highest BCUT2D eigenvalue weighted by molar-refractivity contribution is 6.03. The zero-order valence-electron chi connectivity index (χ0n) is 12.8. The largest absolute Gasteiger partial charge is 0.276 e. The smallest absolute Gasteiger partial charge is 0.233 e. The molecule has 1 aromatic rings. The molecule has 4 nitrogen and oxygen atoms in total. The van der Waals surface area contributed by atoms with E-state index in [0.29, 0.717) is 18.9 Å². The molecule has 2 amide bonds. The van der Waals surface area contributed by atoms with Gasteiger partial charge in [0.1, 0.15) is 0 Å². The van der Waals surface area contributed by atoms with Crippen LogP contribution in [0.3, 0.4) is 0 Å². The Hall–Kier alpha value is -1.71. The van der Waals surface area contributed by atoms with Gasteiger partial charge in [0, 0.05) is 18.5 Å². The number of likely N-dealkylation sites (tertiary alicyclic amines) is 1. The predicted octanol–water partition coefficient (Wildman–Crippen LogP) is 2.78. The van der Waals surface area contributed by atoms with E-state index in [2.05, 4.69) is 4.98 Å². The van der Waals surface area contributed by atoms with Gasteiger partial charge in [0.05, 0.1) is 12.2 Å². The lowest BCUT2D eigenvalue weighted by Crippen LogP contribution is -2.31. The Kier molecular flexibility index (Phi) is 3.47. The molecule has 4 rings (SSSR count). The summed E-state index contributed by atoms with van der Waals surface area (Å²) in [5.74, 6) is 2.31. The minimum Gasteiger partial charge on any atom is -0.276 e. The topological polar surface area (TPSA) is 50.3 Å². The number of imide groups is 1. The van der Waals surface area contributed by atoms with Crippen LogP contribution in [0.15, 0.2) is 24.4 Å². The molecule has 0 aromatic carbocycles. The molecule has 2 saturated carbocycles. The summed E-state index contributed by atoms with van der Waals surface area (Å²) in [6, 6.07) is 5.60. The zero-order valence-corrected chi connectivity index (χ0v) is 12.8. The molecule has 4 heteroatoms. The van der Waals surface area contributed by atoms with Gasteiger partial charge in [-0.3, -0.25) is 19.5 Å². The van der Waals surface area contributed by atoms with Crippen LogP contribution in [0, 0.1) is 23.7 Å². The number of hydrogen-bond donors (Lipinski definition) is 0. The van der Waals surface area contributed by atoms with Crippen LogP contribution in [0.4, 0.5) is 0 Å². The lowest BCUT2D eigenvalue weighted by atomic mass is 9.82. The summed E-state index contributed by atoms with van der Waals surface area (Å²) in [5, 5.41) is 0. The summed E-state index contributed by atoms with van der Waals surface area (Å²) in [5.41, 5.74) is 0.782. The van der Waals surface area contributed by atoms with Gasteiger partial charge in [0.25, 0.3) is 0 Å². The number of carbonyl (C=O) groups excluding carboxylic acids is 2. The van der Waals surface area contributed by atoms with Crippen molar-refractivity contribution >= 4 is 11.8 Å². The quantitative estimate of drug-likeness (QED) is 0.803. The van der Waals surface area contributed by atoms with Crippen LogP contribution >= 0.6 is 0 Å². The van der Waals surface area contributed by atoms with E-state index >= 15 is 0 Å². The fraction of sp³-hybridized carbons (Fsp3) is 0.611. The number of pyridine rings is 1. The Morgan fingerprint density at radius 3 is 2.77 bits per heavy atom. The summed E-state index contributed by atoms with van der Waals surface area (Å²) in [6.45, 7) is 0.325. The van der Waals surface area contributed by atoms with Crippen molar-refractivity contribution in [2.45, 2.75) is 45.1 Å². The molecule has 2 heterocycles. The molecule has 3 fully saturated rings. The molecule has 2 bridgehead atoms. The average Bonchev–Trinajstić information content (AvgIpc) is 3.20. The lowest BCUT2D eigenvalue weighted by Gasteiger charge is -2.23. The maximum absolute atomic E-state index is 12.6. The molecule has 2 aliphatic carbocycles. The summed E-state index contributed by atoms with van der Waals surface area (Å²) in [6.07, 6.45) is 8.38. The van der Waals surface area contributed by atoms with E-state index in [0.717, 1.165) is 24.0 Å². The van der Waals surface area contributed by atoms with E-state index in [9.17, 15) is 9.59 Å². The third-order valence-electron chi connectivity index (χ3n) is 5.86. The fourth-order valence-electron chi connectivity index (χ4n) is 4.79. The highest BCUT2D eigenvalue weighted by Gasteiger charge is 2.45. The number of hydrogen-bond acceptors (Lipinski definition) is 3. The van der Waals surface area contributed by atoms with E-state index in [1.807, 2.05) is 18.2 Å². The van der Waals surface area contributed by atoms with Gasteiger partial charge < -0.3 is 0 Å². The van der Waals surface area contributed by atoms with Crippen molar-refractivity contribution in [2.75, 3.05) is 0 Å².